The molecule has 0 aliphatic carbocycles. The number of hydrogen-bond donors (Lipinski definition) is 1. The quantitative estimate of drug-likeness (QED) is 0.429. The Balaban J connectivity index is 3.45. The van der Waals surface area contributed by atoms with Crippen molar-refractivity contribution in [3.63, 3.8) is 0 Å². The van der Waals surface area contributed by atoms with Crippen molar-refractivity contribution >= 4 is 5.91 Å². The SMILES string of the molecule is C#CCNC(=O)CN(C)OC. The summed E-state index contributed by atoms with van der Waals surface area (Å²) < 4.78 is 0. The van der Waals surface area contributed by atoms with Gasteiger partial charge in [0.2, 0.25) is 5.91 Å². The second-order valence-electron chi connectivity index (χ2n) is 1.95. The van der Waals surface area contributed by atoms with E-state index in [2.05, 4.69) is 11.2 Å². The van der Waals surface area contributed by atoms with E-state index in [9.17, 15) is 4.79 Å². The Morgan fingerprint density at radius 2 is 2.45 bits per heavy atom. The van der Waals surface area contributed by atoms with Crippen LogP contribution in [0.1, 0.15) is 0 Å². The lowest BCUT2D eigenvalue weighted by Crippen LogP contribution is -2.34. The summed E-state index contributed by atoms with van der Waals surface area (Å²) in [5, 5.41) is 3.91. The van der Waals surface area contributed by atoms with Crippen LogP contribution in [0.3, 0.4) is 0 Å². The molecule has 4 heteroatoms. The second-order valence-corrected chi connectivity index (χ2v) is 1.95. The maximum absolute atomic E-state index is 10.8. The minimum absolute atomic E-state index is 0.146. The van der Waals surface area contributed by atoms with Gasteiger partial charge in [0.25, 0.3) is 0 Å². The van der Waals surface area contributed by atoms with Crippen LogP contribution >= 0.6 is 0 Å². The lowest BCUT2D eigenvalue weighted by molar-refractivity contribution is -0.141. The van der Waals surface area contributed by atoms with Gasteiger partial charge in [-0.2, -0.15) is 5.06 Å². The zero-order valence-electron chi connectivity index (χ0n) is 6.76. The van der Waals surface area contributed by atoms with Gasteiger partial charge in [-0.3, -0.25) is 4.79 Å². The summed E-state index contributed by atoms with van der Waals surface area (Å²) in [7, 11) is 3.16. The number of hydrogen-bond acceptors (Lipinski definition) is 3. The Labute approximate surface area is 66.5 Å². The molecule has 0 bridgehead atoms. The Morgan fingerprint density at radius 1 is 1.82 bits per heavy atom. The standard InChI is InChI=1S/C7H12N2O2/c1-4-5-8-7(10)6-9(2)11-3/h1H,5-6H2,2-3H3,(H,8,10). The molecule has 0 aromatic rings. The Kier molecular flexibility index (Phi) is 5.17. The topological polar surface area (TPSA) is 41.6 Å². The van der Waals surface area contributed by atoms with Gasteiger partial charge in [0.15, 0.2) is 0 Å². The van der Waals surface area contributed by atoms with Crippen LogP contribution in [0.5, 0.6) is 0 Å². The van der Waals surface area contributed by atoms with Crippen molar-refractivity contribution in [1.82, 2.24) is 10.4 Å². The number of hydroxylamine groups is 2. The van der Waals surface area contributed by atoms with Crippen LogP contribution in [0.15, 0.2) is 0 Å². The van der Waals surface area contributed by atoms with Crippen molar-refractivity contribution in [3.8, 4) is 12.3 Å². The highest BCUT2D eigenvalue weighted by molar-refractivity contribution is 5.78. The first-order chi connectivity index (χ1) is 5.20. The third-order valence-corrected chi connectivity index (χ3v) is 1.07. The molecule has 0 heterocycles. The van der Waals surface area contributed by atoms with E-state index in [1.54, 1.807) is 7.05 Å². The summed E-state index contributed by atoms with van der Waals surface area (Å²) in [5.74, 6) is 2.15. The zero-order valence-corrected chi connectivity index (χ0v) is 6.76. The molecule has 0 saturated heterocycles. The van der Waals surface area contributed by atoms with Crippen LogP contribution in [0.2, 0.25) is 0 Å². The molecule has 0 aromatic heterocycles. The summed E-state index contributed by atoms with van der Waals surface area (Å²) in [6.07, 6.45) is 4.93. The number of carbonyl (C=O) groups is 1. The fraction of sp³-hybridized carbons (Fsp3) is 0.571. The molecule has 1 amide bonds. The molecule has 0 unspecified atom stereocenters. The van der Waals surface area contributed by atoms with Gasteiger partial charge >= 0.3 is 0 Å². The summed E-state index contributed by atoms with van der Waals surface area (Å²) in [5.41, 5.74) is 0. The summed E-state index contributed by atoms with van der Waals surface area (Å²) in [6, 6.07) is 0. The minimum atomic E-state index is -0.146. The highest BCUT2D eigenvalue weighted by Gasteiger charge is 2.02. The first-order valence-corrected chi connectivity index (χ1v) is 3.16. The largest absolute Gasteiger partial charge is 0.344 e. The molecular formula is C7H12N2O2. The van der Waals surface area contributed by atoms with Crippen molar-refractivity contribution in [3.05, 3.63) is 0 Å². The predicted octanol–water partition coefficient (Wildman–Crippen LogP) is -0.771. The predicted molar refractivity (Wildman–Crippen MR) is 41.5 cm³/mol. The van der Waals surface area contributed by atoms with Crippen molar-refractivity contribution in [2.24, 2.45) is 0 Å². The third-order valence-electron chi connectivity index (χ3n) is 1.07. The molecule has 11 heavy (non-hydrogen) atoms. The van der Waals surface area contributed by atoms with Gasteiger partial charge in [-0.15, -0.1) is 6.42 Å². The average molecular weight is 156 g/mol. The summed E-state index contributed by atoms with van der Waals surface area (Å²) in [4.78, 5) is 15.6. The number of terminal acetylenes is 1. The van der Waals surface area contributed by atoms with E-state index in [0.717, 1.165) is 0 Å². The molecule has 0 aliphatic heterocycles. The van der Waals surface area contributed by atoms with Crippen LogP contribution in [-0.2, 0) is 9.63 Å². The van der Waals surface area contributed by atoms with E-state index in [0.29, 0.717) is 0 Å². The van der Waals surface area contributed by atoms with Gasteiger partial charge in [-0.1, -0.05) is 5.92 Å². The van der Waals surface area contributed by atoms with Gasteiger partial charge < -0.3 is 10.2 Å². The number of rotatable bonds is 4. The number of amides is 1. The molecule has 0 spiro atoms. The second kappa shape index (κ2) is 5.71. The monoisotopic (exact) mass is 156 g/mol. The van der Waals surface area contributed by atoms with E-state index in [1.807, 2.05) is 0 Å². The van der Waals surface area contributed by atoms with Crippen LogP contribution in [-0.4, -0.2) is 38.2 Å². The van der Waals surface area contributed by atoms with Crippen LogP contribution < -0.4 is 5.32 Å². The summed E-state index contributed by atoms with van der Waals surface area (Å²) in [6.45, 7) is 0.453. The molecule has 62 valence electrons. The van der Waals surface area contributed by atoms with E-state index in [-0.39, 0.29) is 19.0 Å². The molecule has 4 nitrogen and oxygen atoms in total. The average Bonchev–Trinajstić information content (AvgIpc) is 2.00. The van der Waals surface area contributed by atoms with Crippen LogP contribution in [0, 0.1) is 12.3 Å². The fourth-order valence-corrected chi connectivity index (χ4v) is 0.472. The minimum Gasteiger partial charge on any atom is -0.344 e. The van der Waals surface area contributed by atoms with E-state index in [4.69, 9.17) is 11.3 Å². The van der Waals surface area contributed by atoms with Crippen molar-refractivity contribution in [2.45, 2.75) is 0 Å². The lowest BCUT2D eigenvalue weighted by atomic mass is 10.5. The van der Waals surface area contributed by atoms with Crippen molar-refractivity contribution in [1.29, 1.82) is 0 Å². The smallest absolute Gasteiger partial charge is 0.237 e. The number of likely N-dealkylation sites (N-methyl/N-ethyl adjacent to an activating group) is 1. The van der Waals surface area contributed by atoms with Gasteiger partial charge in [-0.05, 0) is 0 Å². The maximum atomic E-state index is 10.8. The number of carbonyl (C=O) groups excluding carboxylic acids is 1. The molecule has 0 aliphatic rings. The molecule has 0 rings (SSSR count). The maximum Gasteiger partial charge on any atom is 0.237 e. The number of nitrogens with zero attached hydrogens (tertiary/aromatic N) is 1. The van der Waals surface area contributed by atoms with Crippen molar-refractivity contribution < 1.29 is 9.63 Å². The molecular weight excluding hydrogens is 144 g/mol. The highest BCUT2D eigenvalue weighted by Crippen LogP contribution is 1.79. The zero-order chi connectivity index (χ0) is 8.69. The molecule has 1 N–H and O–H groups in total. The Bertz CT molecular complexity index is 162. The van der Waals surface area contributed by atoms with Gasteiger partial charge in [-0.25, -0.2) is 0 Å². The molecule has 0 saturated carbocycles. The van der Waals surface area contributed by atoms with Gasteiger partial charge in [0.05, 0.1) is 13.7 Å². The molecule has 0 fully saturated rings. The first kappa shape index (κ1) is 9.95. The van der Waals surface area contributed by atoms with Gasteiger partial charge in [0.1, 0.15) is 6.54 Å². The molecule has 0 radical (unpaired) electrons. The third kappa shape index (κ3) is 5.40. The van der Waals surface area contributed by atoms with Crippen molar-refractivity contribution in [2.75, 3.05) is 27.2 Å². The lowest BCUT2D eigenvalue weighted by Gasteiger charge is -2.11. The molecule has 0 aromatic carbocycles. The first-order valence-electron chi connectivity index (χ1n) is 3.16. The van der Waals surface area contributed by atoms with Crippen LogP contribution in [0.25, 0.3) is 0 Å². The van der Waals surface area contributed by atoms with Crippen LogP contribution in [0.4, 0.5) is 0 Å². The van der Waals surface area contributed by atoms with E-state index < -0.39 is 0 Å². The van der Waals surface area contributed by atoms with E-state index in [1.165, 1.54) is 12.2 Å². The molecule has 0 atom stereocenters. The highest BCUT2D eigenvalue weighted by atomic mass is 16.7. The number of nitrogens with one attached hydrogen (secondary N) is 1. The Morgan fingerprint density at radius 3 is 2.91 bits per heavy atom. The summed E-state index contributed by atoms with van der Waals surface area (Å²) >= 11 is 0. The van der Waals surface area contributed by atoms with Gasteiger partial charge in [0, 0.05) is 7.05 Å². The Hall–Kier alpha value is -1.05. The van der Waals surface area contributed by atoms with E-state index >= 15 is 0 Å². The fourth-order valence-electron chi connectivity index (χ4n) is 0.472. The normalized spacial score (nSPS) is 9.27.